The van der Waals surface area contributed by atoms with Crippen molar-refractivity contribution in [3.63, 3.8) is 0 Å². The zero-order valence-corrected chi connectivity index (χ0v) is 23.4. The topological polar surface area (TPSA) is 116 Å². The summed E-state index contributed by atoms with van der Waals surface area (Å²) in [5, 5.41) is 17.6. The third-order valence-corrected chi connectivity index (χ3v) is 7.59. The molecule has 2 saturated carbocycles. The quantitative estimate of drug-likeness (QED) is 0.153. The fraction of sp³-hybridized carbons (Fsp3) is 0.281. The number of nitrogens with zero attached hydrogens (tertiary/aromatic N) is 3. The first-order valence-electron chi connectivity index (χ1n) is 14.2. The Morgan fingerprint density at radius 3 is 2.58 bits per heavy atom. The predicted octanol–water partition coefficient (Wildman–Crippen LogP) is 6.73. The van der Waals surface area contributed by atoms with Gasteiger partial charge in [-0.15, -0.1) is 0 Å². The molecule has 0 bridgehead atoms. The van der Waals surface area contributed by atoms with Gasteiger partial charge in [0.1, 0.15) is 0 Å². The van der Waals surface area contributed by atoms with Gasteiger partial charge in [0, 0.05) is 41.8 Å². The number of allylic oxidation sites excluding steroid dienone is 1. The largest absolute Gasteiger partial charge is 0.416 e. The number of carbonyl (C=O) groups excluding carboxylic acids is 1. The lowest BCUT2D eigenvalue weighted by atomic mass is 9.93. The summed E-state index contributed by atoms with van der Waals surface area (Å²) in [6, 6.07) is 13.0. The number of benzene rings is 2. The molecule has 43 heavy (non-hydrogen) atoms. The van der Waals surface area contributed by atoms with Gasteiger partial charge in [-0.2, -0.15) is 13.2 Å². The molecule has 1 unspecified atom stereocenters. The lowest BCUT2D eigenvalue weighted by Gasteiger charge is -2.17. The van der Waals surface area contributed by atoms with Crippen LogP contribution in [0.5, 0.6) is 0 Å². The van der Waals surface area contributed by atoms with Crippen LogP contribution in [0.1, 0.15) is 71.7 Å². The Kier molecular flexibility index (Phi) is 7.55. The summed E-state index contributed by atoms with van der Waals surface area (Å²) in [6.07, 6.45) is 5.70. The molecule has 2 aromatic carbocycles. The normalized spacial score (nSPS) is 16.0. The van der Waals surface area contributed by atoms with E-state index < -0.39 is 23.7 Å². The van der Waals surface area contributed by atoms with E-state index in [2.05, 4.69) is 30.9 Å². The number of carbonyl (C=O) groups is 1. The molecule has 1 amide bonds. The summed E-state index contributed by atoms with van der Waals surface area (Å²) in [6.45, 7) is 1.61. The van der Waals surface area contributed by atoms with Crippen molar-refractivity contribution in [2.24, 2.45) is 0 Å². The van der Waals surface area contributed by atoms with E-state index in [1.165, 1.54) is 6.21 Å². The molecule has 6 rings (SSSR count). The van der Waals surface area contributed by atoms with Crippen LogP contribution in [0.2, 0.25) is 0 Å². The van der Waals surface area contributed by atoms with Gasteiger partial charge in [-0.05, 0) is 91.6 Å². The van der Waals surface area contributed by atoms with Gasteiger partial charge >= 0.3 is 6.18 Å². The van der Waals surface area contributed by atoms with Crippen LogP contribution in [0.3, 0.4) is 0 Å². The minimum absolute atomic E-state index is 0.129. The molecule has 2 heterocycles. The number of nitrogens with one attached hydrogen (secondary N) is 4. The maximum Gasteiger partial charge on any atom is 0.416 e. The maximum atomic E-state index is 13.2. The summed E-state index contributed by atoms with van der Waals surface area (Å²) in [4.78, 5) is 26.3. The number of amides is 1. The van der Waals surface area contributed by atoms with Gasteiger partial charge in [0.15, 0.2) is 0 Å². The predicted molar refractivity (Wildman–Crippen MR) is 159 cm³/mol. The SMILES string of the molecule is CC(NC(=O)c1ccc(C2CC2)c(-c2ccc3nc(N/C(C=N)=C/NC4CC4)ncc3c2)c1)c1cc(C(F)(F)F)ccn1. The zero-order valence-electron chi connectivity index (χ0n) is 23.4. The Hall–Kier alpha value is -4.80. The van der Waals surface area contributed by atoms with Crippen LogP contribution in [0.25, 0.3) is 22.0 Å². The smallest absolute Gasteiger partial charge is 0.386 e. The number of aromatic nitrogens is 3. The first kappa shape index (κ1) is 28.3. The van der Waals surface area contributed by atoms with E-state index in [-0.39, 0.29) is 5.69 Å². The number of hydrogen-bond donors (Lipinski definition) is 4. The van der Waals surface area contributed by atoms with Crippen molar-refractivity contribution < 1.29 is 18.0 Å². The van der Waals surface area contributed by atoms with Crippen molar-refractivity contribution in [1.82, 2.24) is 25.6 Å². The molecule has 0 spiro atoms. The summed E-state index contributed by atoms with van der Waals surface area (Å²) in [5.41, 5.74) is 3.99. The molecule has 0 radical (unpaired) electrons. The van der Waals surface area contributed by atoms with Gasteiger partial charge in [0.05, 0.1) is 28.5 Å². The van der Waals surface area contributed by atoms with Crippen molar-refractivity contribution in [3.05, 3.63) is 95.2 Å². The van der Waals surface area contributed by atoms with Crippen LogP contribution in [-0.4, -0.2) is 33.1 Å². The third-order valence-electron chi connectivity index (χ3n) is 7.59. The van der Waals surface area contributed by atoms with Gasteiger partial charge in [-0.1, -0.05) is 12.1 Å². The van der Waals surface area contributed by atoms with Gasteiger partial charge in [0.25, 0.3) is 5.91 Å². The Morgan fingerprint density at radius 2 is 1.86 bits per heavy atom. The van der Waals surface area contributed by atoms with Gasteiger partial charge in [-0.3, -0.25) is 9.78 Å². The Balaban J connectivity index is 1.24. The second-order valence-corrected chi connectivity index (χ2v) is 11.0. The lowest BCUT2D eigenvalue weighted by Crippen LogP contribution is -2.27. The van der Waals surface area contributed by atoms with Crippen LogP contribution in [-0.2, 0) is 6.18 Å². The average Bonchev–Trinajstić information content (AvgIpc) is 3.93. The monoisotopic (exact) mass is 585 g/mol. The lowest BCUT2D eigenvalue weighted by molar-refractivity contribution is -0.137. The minimum Gasteiger partial charge on any atom is -0.386 e. The minimum atomic E-state index is -4.49. The van der Waals surface area contributed by atoms with Crippen LogP contribution < -0.4 is 16.0 Å². The highest BCUT2D eigenvalue weighted by atomic mass is 19.4. The summed E-state index contributed by atoms with van der Waals surface area (Å²) in [7, 11) is 0. The molecule has 2 aliphatic carbocycles. The second-order valence-electron chi connectivity index (χ2n) is 11.0. The van der Waals surface area contributed by atoms with Gasteiger partial charge in [0.2, 0.25) is 5.95 Å². The highest BCUT2D eigenvalue weighted by molar-refractivity contribution is 5.96. The molecule has 2 fully saturated rings. The molecule has 0 aliphatic heterocycles. The fourth-order valence-corrected chi connectivity index (χ4v) is 4.87. The van der Waals surface area contributed by atoms with Crippen molar-refractivity contribution in [3.8, 4) is 11.1 Å². The number of anilines is 1. The molecule has 11 heteroatoms. The molecule has 4 aromatic rings. The van der Waals surface area contributed by atoms with Crippen LogP contribution in [0.15, 0.2) is 72.8 Å². The van der Waals surface area contributed by atoms with Crippen molar-refractivity contribution in [2.75, 3.05) is 5.32 Å². The maximum absolute atomic E-state index is 13.2. The van der Waals surface area contributed by atoms with E-state index in [9.17, 15) is 18.0 Å². The molecule has 4 N–H and O–H groups in total. The molecule has 220 valence electrons. The fourth-order valence-electron chi connectivity index (χ4n) is 4.87. The Labute approximate surface area is 246 Å². The van der Waals surface area contributed by atoms with Crippen LogP contribution in [0.4, 0.5) is 19.1 Å². The van der Waals surface area contributed by atoms with E-state index in [0.29, 0.717) is 29.2 Å². The van der Waals surface area contributed by atoms with E-state index in [4.69, 9.17) is 5.41 Å². The summed E-state index contributed by atoms with van der Waals surface area (Å²) < 4.78 is 39.5. The zero-order chi connectivity index (χ0) is 30.1. The van der Waals surface area contributed by atoms with Crippen molar-refractivity contribution in [1.29, 1.82) is 5.41 Å². The Morgan fingerprint density at radius 1 is 1.05 bits per heavy atom. The highest BCUT2D eigenvalue weighted by Crippen LogP contribution is 2.45. The molecular formula is C32H30F3N7O. The van der Waals surface area contributed by atoms with E-state index in [0.717, 1.165) is 71.6 Å². The first-order chi connectivity index (χ1) is 20.7. The summed E-state index contributed by atoms with van der Waals surface area (Å²) >= 11 is 0. The molecule has 8 nitrogen and oxygen atoms in total. The third kappa shape index (κ3) is 6.66. The van der Waals surface area contributed by atoms with E-state index in [1.54, 1.807) is 25.4 Å². The number of rotatable bonds is 10. The highest BCUT2D eigenvalue weighted by Gasteiger charge is 2.31. The Bertz CT molecular complexity index is 1730. The number of alkyl halides is 3. The average molecular weight is 586 g/mol. The number of pyridine rings is 1. The molecule has 2 aromatic heterocycles. The van der Waals surface area contributed by atoms with Crippen LogP contribution in [0, 0.1) is 5.41 Å². The van der Waals surface area contributed by atoms with Crippen molar-refractivity contribution >= 4 is 29.0 Å². The number of fused-ring (bicyclic) bond motifs is 1. The molecule has 1 atom stereocenters. The van der Waals surface area contributed by atoms with Gasteiger partial charge in [-0.25, -0.2) is 9.97 Å². The van der Waals surface area contributed by atoms with E-state index >= 15 is 0 Å². The molecule has 2 aliphatic rings. The first-order valence-corrected chi connectivity index (χ1v) is 14.2. The second kappa shape index (κ2) is 11.5. The number of hydrogen-bond acceptors (Lipinski definition) is 7. The molecule has 0 saturated heterocycles. The van der Waals surface area contributed by atoms with E-state index in [1.807, 2.05) is 30.3 Å². The van der Waals surface area contributed by atoms with Crippen LogP contribution >= 0.6 is 0 Å². The molecular weight excluding hydrogens is 555 g/mol. The summed E-state index contributed by atoms with van der Waals surface area (Å²) in [5.74, 6) is 0.394. The standard InChI is InChI=1S/C32H30F3N7O/c1-18(29-14-23(10-11-37-29)32(33,34)35)40-30(43)21-4-8-26(19-2-3-19)27(13-21)20-5-9-28-22(12-20)16-39-31(42-28)41-25(15-36)17-38-24-6-7-24/h4-5,8-19,24,36,38H,2-3,6-7H2,1H3,(H,40,43)(H,39,41,42)/b25-17+,36-15?. The van der Waals surface area contributed by atoms with Gasteiger partial charge < -0.3 is 21.4 Å². The van der Waals surface area contributed by atoms with Crippen molar-refractivity contribution in [2.45, 2.75) is 56.8 Å². The number of halogens is 3.